The van der Waals surface area contributed by atoms with Gasteiger partial charge in [0.25, 0.3) is 0 Å². The van der Waals surface area contributed by atoms with E-state index in [-0.39, 0.29) is 22.9 Å². The Morgan fingerprint density at radius 2 is 1.67 bits per heavy atom. The van der Waals surface area contributed by atoms with Gasteiger partial charge in [0.2, 0.25) is 15.9 Å². The average molecular weight is 472 g/mol. The molecule has 8 heteroatoms. The molecule has 2 fully saturated rings. The molecule has 2 aliphatic rings. The van der Waals surface area contributed by atoms with Gasteiger partial charge in [0.15, 0.2) is 0 Å². The van der Waals surface area contributed by atoms with E-state index in [1.807, 2.05) is 42.5 Å². The van der Waals surface area contributed by atoms with Gasteiger partial charge < -0.3 is 15.3 Å². The zero-order valence-corrected chi connectivity index (χ0v) is 19.7. The molecule has 178 valence electrons. The van der Waals surface area contributed by atoms with Gasteiger partial charge >= 0.3 is 0 Å². The fourth-order valence-electron chi connectivity index (χ4n) is 4.58. The number of benzene rings is 2. The predicted octanol–water partition coefficient (Wildman–Crippen LogP) is 2.55. The third-order valence-corrected chi connectivity index (χ3v) is 8.42. The third-order valence-electron chi connectivity index (χ3n) is 6.54. The number of amides is 1. The molecule has 2 aromatic carbocycles. The standard InChI is InChI=1S/C25H33N3O4S/c29-23-14-17-27(18-15-23)22-9-11-24(12-10-22)33(31,32)28-16-4-7-21(19-28)26-25(30)13-8-20-5-2-1-3-6-20/h1-3,5-6,9-12,21,23,29H,4,7-8,13-19H2,(H,26,30). The maximum atomic E-state index is 13.2. The number of carbonyl (C=O) groups is 1. The molecule has 4 rings (SSSR count). The molecule has 1 unspecified atom stereocenters. The van der Waals surface area contributed by atoms with Crippen LogP contribution in [-0.4, -0.2) is 62.1 Å². The predicted molar refractivity (Wildman–Crippen MR) is 129 cm³/mol. The van der Waals surface area contributed by atoms with E-state index in [0.717, 1.165) is 50.0 Å². The molecular weight excluding hydrogens is 438 g/mol. The van der Waals surface area contributed by atoms with Crippen LogP contribution in [0.15, 0.2) is 59.5 Å². The zero-order valence-electron chi connectivity index (χ0n) is 18.9. The van der Waals surface area contributed by atoms with Gasteiger partial charge in [-0.1, -0.05) is 30.3 Å². The number of hydrogen-bond acceptors (Lipinski definition) is 5. The second kappa shape index (κ2) is 10.7. The first-order chi connectivity index (χ1) is 15.9. The van der Waals surface area contributed by atoms with Crippen LogP contribution in [0.1, 0.15) is 37.7 Å². The highest BCUT2D eigenvalue weighted by Crippen LogP contribution is 2.25. The van der Waals surface area contributed by atoms with Crippen LogP contribution < -0.4 is 10.2 Å². The first kappa shape index (κ1) is 23.7. The van der Waals surface area contributed by atoms with E-state index in [2.05, 4.69) is 10.2 Å². The van der Waals surface area contributed by atoms with E-state index in [9.17, 15) is 18.3 Å². The number of nitrogens with one attached hydrogen (secondary N) is 1. The number of aliphatic hydroxyl groups is 1. The maximum Gasteiger partial charge on any atom is 0.243 e. The van der Waals surface area contributed by atoms with Crippen molar-refractivity contribution >= 4 is 21.6 Å². The first-order valence-corrected chi connectivity index (χ1v) is 13.2. The number of carbonyl (C=O) groups excluding carboxylic acids is 1. The van der Waals surface area contributed by atoms with Gasteiger partial charge in [0.1, 0.15) is 0 Å². The molecule has 2 heterocycles. The molecule has 1 amide bonds. The summed E-state index contributed by atoms with van der Waals surface area (Å²) in [4.78, 5) is 14.9. The number of aliphatic hydroxyl groups excluding tert-OH is 1. The first-order valence-electron chi connectivity index (χ1n) is 11.8. The van der Waals surface area contributed by atoms with Crippen LogP contribution >= 0.6 is 0 Å². The van der Waals surface area contributed by atoms with Gasteiger partial charge in [-0.25, -0.2) is 8.42 Å². The summed E-state index contributed by atoms with van der Waals surface area (Å²) in [6, 6.07) is 16.7. The molecule has 2 aliphatic heterocycles. The van der Waals surface area contributed by atoms with Crippen LogP contribution in [0.2, 0.25) is 0 Å². The molecule has 0 saturated carbocycles. The Kier molecular flexibility index (Phi) is 7.67. The lowest BCUT2D eigenvalue weighted by Crippen LogP contribution is -2.49. The molecule has 0 spiro atoms. The Labute approximate surface area is 196 Å². The van der Waals surface area contributed by atoms with E-state index in [4.69, 9.17) is 0 Å². The van der Waals surface area contributed by atoms with Crippen molar-refractivity contribution in [2.45, 2.75) is 55.6 Å². The van der Waals surface area contributed by atoms with Crippen molar-refractivity contribution in [2.24, 2.45) is 0 Å². The summed E-state index contributed by atoms with van der Waals surface area (Å²) in [5.41, 5.74) is 2.09. The number of sulfonamides is 1. The number of hydrogen-bond donors (Lipinski definition) is 2. The van der Waals surface area contributed by atoms with Crippen molar-refractivity contribution < 1.29 is 18.3 Å². The van der Waals surface area contributed by atoms with Gasteiger partial charge in [-0.15, -0.1) is 0 Å². The lowest BCUT2D eigenvalue weighted by molar-refractivity contribution is -0.122. The fourth-order valence-corrected chi connectivity index (χ4v) is 6.11. The SMILES string of the molecule is O=C(CCc1ccccc1)NC1CCCN(S(=O)(=O)c2ccc(N3CCC(O)CC3)cc2)C1. The highest BCUT2D eigenvalue weighted by molar-refractivity contribution is 7.89. The Morgan fingerprint density at radius 1 is 0.970 bits per heavy atom. The van der Waals surface area contributed by atoms with Crippen LogP contribution in [0.4, 0.5) is 5.69 Å². The van der Waals surface area contributed by atoms with Crippen molar-refractivity contribution in [2.75, 3.05) is 31.1 Å². The summed E-state index contributed by atoms with van der Waals surface area (Å²) < 4.78 is 27.9. The number of nitrogens with zero attached hydrogens (tertiary/aromatic N) is 2. The zero-order chi connectivity index (χ0) is 23.3. The van der Waals surface area contributed by atoms with Gasteiger partial charge in [-0.3, -0.25) is 4.79 Å². The Bertz CT molecular complexity index is 1020. The monoisotopic (exact) mass is 471 g/mol. The van der Waals surface area contributed by atoms with Crippen molar-refractivity contribution in [3.8, 4) is 0 Å². The van der Waals surface area contributed by atoms with Crippen LogP contribution in [0.5, 0.6) is 0 Å². The molecule has 0 aromatic heterocycles. The van der Waals surface area contributed by atoms with E-state index < -0.39 is 10.0 Å². The van der Waals surface area contributed by atoms with E-state index in [0.29, 0.717) is 25.9 Å². The van der Waals surface area contributed by atoms with Crippen molar-refractivity contribution in [1.82, 2.24) is 9.62 Å². The fraction of sp³-hybridized carbons (Fsp3) is 0.480. The topological polar surface area (TPSA) is 90.0 Å². The summed E-state index contributed by atoms with van der Waals surface area (Å²) in [5, 5.41) is 12.7. The quantitative estimate of drug-likeness (QED) is 0.648. The number of anilines is 1. The van der Waals surface area contributed by atoms with Crippen molar-refractivity contribution in [3.63, 3.8) is 0 Å². The minimum atomic E-state index is -3.62. The van der Waals surface area contributed by atoms with Crippen molar-refractivity contribution in [3.05, 3.63) is 60.2 Å². The summed E-state index contributed by atoms with van der Waals surface area (Å²) in [5.74, 6) is -0.0425. The van der Waals surface area contributed by atoms with Crippen LogP contribution in [0, 0.1) is 0 Å². The molecule has 0 radical (unpaired) electrons. The Morgan fingerprint density at radius 3 is 2.36 bits per heavy atom. The summed E-state index contributed by atoms with van der Waals surface area (Å²) in [6.45, 7) is 2.30. The highest BCUT2D eigenvalue weighted by Gasteiger charge is 2.31. The van der Waals surface area contributed by atoms with Gasteiger partial charge in [0.05, 0.1) is 11.0 Å². The molecule has 7 nitrogen and oxygen atoms in total. The average Bonchev–Trinajstić information content (AvgIpc) is 2.84. The smallest absolute Gasteiger partial charge is 0.243 e. The van der Waals surface area contributed by atoms with Crippen molar-refractivity contribution in [1.29, 1.82) is 0 Å². The van der Waals surface area contributed by atoms with E-state index >= 15 is 0 Å². The summed E-state index contributed by atoms with van der Waals surface area (Å²) in [7, 11) is -3.62. The van der Waals surface area contributed by atoms with Gasteiger partial charge in [0, 0.05) is 44.3 Å². The molecule has 2 N–H and O–H groups in total. The minimum Gasteiger partial charge on any atom is -0.393 e. The molecule has 2 saturated heterocycles. The minimum absolute atomic E-state index is 0.0425. The second-order valence-electron chi connectivity index (χ2n) is 8.97. The largest absolute Gasteiger partial charge is 0.393 e. The van der Waals surface area contributed by atoms with Crippen LogP contribution in [-0.2, 0) is 21.2 Å². The molecule has 33 heavy (non-hydrogen) atoms. The third kappa shape index (κ3) is 6.13. The van der Waals surface area contributed by atoms with Gasteiger partial charge in [-0.05, 0) is 61.9 Å². The molecule has 1 atom stereocenters. The number of piperidine rings is 2. The lowest BCUT2D eigenvalue weighted by atomic mass is 10.1. The molecule has 0 bridgehead atoms. The Hall–Kier alpha value is -2.42. The summed E-state index contributed by atoms with van der Waals surface area (Å²) in [6.07, 6.45) is 3.77. The molecule has 0 aliphatic carbocycles. The lowest BCUT2D eigenvalue weighted by Gasteiger charge is -2.33. The van der Waals surface area contributed by atoms with E-state index in [1.165, 1.54) is 4.31 Å². The number of aryl methyl sites for hydroxylation is 1. The second-order valence-corrected chi connectivity index (χ2v) is 10.9. The van der Waals surface area contributed by atoms with E-state index in [1.54, 1.807) is 12.1 Å². The van der Waals surface area contributed by atoms with Gasteiger partial charge in [-0.2, -0.15) is 4.31 Å². The highest BCUT2D eigenvalue weighted by atomic mass is 32.2. The maximum absolute atomic E-state index is 13.2. The summed E-state index contributed by atoms with van der Waals surface area (Å²) >= 11 is 0. The van der Waals surface area contributed by atoms with Crippen LogP contribution in [0.25, 0.3) is 0 Å². The molecule has 2 aromatic rings. The van der Waals surface area contributed by atoms with Crippen LogP contribution in [0.3, 0.4) is 0 Å². The number of rotatable bonds is 7. The Balaban J connectivity index is 1.33. The normalized spacial score (nSPS) is 20.5. The molecular formula is C25H33N3O4S.